The van der Waals surface area contributed by atoms with Gasteiger partial charge in [-0.3, -0.25) is 4.79 Å². The lowest BCUT2D eigenvalue weighted by atomic mass is 10.1. The third-order valence-electron chi connectivity index (χ3n) is 5.26. The van der Waals surface area contributed by atoms with Crippen molar-refractivity contribution in [2.24, 2.45) is 5.73 Å². The van der Waals surface area contributed by atoms with Gasteiger partial charge in [0.1, 0.15) is 11.6 Å². The fourth-order valence-corrected chi connectivity index (χ4v) is 3.63. The van der Waals surface area contributed by atoms with Gasteiger partial charge < -0.3 is 20.9 Å². The van der Waals surface area contributed by atoms with Gasteiger partial charge in [0.05, 0.1) is 5.56 Å². The molecule has 3 amide bonds. The Bertz CT molecular complexity index is 1110. The summed E-state index contributed by atoms with van der Waals surface area (Å²) < 4.78 is 16.6. The number of carbonyl (C=O) groups is 2. The van der Waals surface area contributed by atoms with E-state index in [9.17, 15) is 14.0 Å². The van der Waals surface area contributed by atoms with Crippen LogP contribution in [0.15, 0.2) is 42.5 Å². The molecule has 1 aliphatic rings. The predicted molar refractivity (Wildman–Crippen MR) is 114 cm³/mol. The molecule has 2 heterocycles. The van der Waals surface area contributed by atoms with Crippen LogP contribution in [0.4, 0.5) is 14.9 Å². The molecule has 2 aromatic carbocycles. The summed E-state index contributed by atoms with van der Waals surface area (Å²) in [4.78, 5) is 23.4. The first-order valence-corrected chi connectivity index (χ1v) is 10.2. The molecule has 3 aromatic rings. The first-order chi connectivity index (χ1) is 15.0. The quantitative estimate of drug-likeness (QED) is 0.585. The molecule has 31 heavy (non-hydrogen) atoms. The SMILES string of the molecule is NC(=O)NCc1ccc(C(=O)Nc2ccc(F)c(-c3nnc4n3CCCCC4)c2)cc1. The average Bonchev–Trinajstić information content (AvgIpc) is 3.01. The Balaban J connectivity index is 1.52. The van der Waals surface area contributed by atoms with Crippen molar-refractivity contribution >= 4 is 17.6 Å². The van der Waals surface area contributed by atoms with E-state index in [0.717, 1.165) is 43.6 Å². The van der Waals surface area contributed by atoms with Crippen LogP contribution in [0.5, 0.6) is 0 Å². The van der Waals surface area contributed by atoms with Crippen molar-refractivity contribution in [2.75, 3.05) is 5.32 Å². The predicted octanol–water partition coefficient (Wildman–Crippen LogP) is 3.23. The van der Waals surface area contributed by atoms with Crippen LogP contribution in [-0.4, -0.2) is 26.7 Å². The second-order valence-electron chi connectivity index (χ2n) is 7.47. The number of nitrogens with one attached hydrogen (secondary N) is 2. The van der Waals surface area contributed by atoms with Crippen LogP contribution in [0.2, 0.25) is 0 Å². The molecule has 0 unspecified atom stereocenters. The van der Waals surface area contributed by atoms with Crippen molar-refractivity contribution in [1.82, 2.24) is 20.1 Å². The molecule has 0 saturated heterocycles. The molecule has 0 saturated carbocycles. The molecule has 4 N–H and O–H groups in total. The van der Waals surface area contributed by atoms with Crippen LogP contribution in [0.1, 0.15) is 41.0 Å². The lowest BCUT2D eigenvalue weighted by Gasteiger charge is -2.11. The summed E-state index contributed by atoms with van der Waals surface area (Å²) in [6.07, 6.45) is 3.99. The number of hydrogen-bond acceptors (Lipinski definition) is 4. The number of amides is 3. The maximum absolute atomic E-state index is 14.6. The number of aryl methyl sites for hydroxylation is 1. The van der Waals surface area contributed by atoms with Gasteiger partial charge in [0.15, 0.2) is 5.82 Å². The smallest absolute Gasteiger partial charge is 0.312 e. The van der Waals surface area contributed by atoms with Crippen LogP contribution in [-0.2, 0) is 19.5 Å². The molecule has 0 bridgehead atoms. The highest BCUT2D eigenvalue weighted by Crippen LogP contribution is 2.27. The number of nitrogens with zero attached hydrogens (tertiary/aromatic N) is 3. The van der Waals surface area contributed by atoms with Gasteiger partial charge in [-0.15, -0.1) is 10.2 Å². The lowest BCUT2D eigenvalue weighted by molar-refractivity contribution is 0.102. The maximum Gasteiger partial charge on any atom is 0.312 e. The number of aromatic nitrogens is 3. The van der Waals surface area contributed by atoms with Crippen molar-refractivity contribution in [3.8, 4) is 11.4 Å². The number of halogens is 1. The van der Waals surface area contributed by atoms with Crippen molar-refractivity contribution < 1.29 is 14.0 Å². The zero-order chi connectivity index (χ0) is 21.8. The molecular weight excluding hydrogens is 399 g/mol. The van der Waals surface area contributed by atoms with Gasteiger partial charge in [-0.1, -0.05) is 18.6 Å². The monoisotopic (exact) mass is 422 g/mol. The summed E-state index contributed by atoms with van der Waals surface area (Å²) >= 11 is 0. The van der Waals surface area contributed by atoms with E-state index >= 15 is 0 Å². The lowest BCUT2D eigenvalue weighted by Crippen LogP contribution is -2.28. The Morgan fingerprint density at radius 1 is 1.06 bits per heavy atom. The van der Waals surface area contributed by atoms with E-state index in [2.05, 4.69) is 20.8 Å². The van der Waals surface area contributed by atoms with Crippen LogP contribution >= 0.6 is 0 Å². The number of nitrogens with two attached hydrogens (primary N) is 1. The summed E-state index contributed by atoms with van der Waals surface area (Å²) in [6, 6.07) is 10.6. The Kier molecular flexibility index (Phi) is 5.92. The number of anilines is 1. The third kappa shape index (κ3) is 4.71. The van der Waals surface area contributed by atoms with E-state index in [4.69, 9.17) is 5.73 Å². The van der Waals surface area contributed by atoms with Gasteiger partial charge in [-0.2, -0.15) is 0 Å². The van der Waals surface area contributed by atoms with Crippen molar-refractivity contribution in [3.05, 3.63) is 65.2 Å². The Labute approximate surface area is 178 Å². The highest BCUT2D eigenvalue weighted by molar-refractivity contribution is 6.04. The normalized spacial score (nSPS) is 13.2. The zero-order valence-corrected chi connectivity index (χ0v) is 16.9. The van der Waals surface area contributed by atoms with E-state index in [-0.39, 0.29) is 12.5 Å². The largest absolute Gasteiger partial charge is 0.352 e. The average molecular weight is 422 g/mol. The number of benzene rings is 2. The number of primary amides is 1. The van der Waals surface area contributed by atoms with Crippen LogP contribution in [0.25, 0.3) is 11.4 Å². The molecule has 9 heteroatoms. The Hall–Kier alpha value is -3.75. The minimum absolute atomic E-state index is 0.279. The van der Waals surface area contributed by atoms with Gasteiger partial charge in [0, 0.05) is 30.8 Å². The fourth-order valence-electron chi connectivity index (χ4n) is 3.63. The molecule has 0 radical (unpaired) electrons. The van der Waals surface area contributed by atoms with E-state index < -0.39 is 11.8 Å². The van der Waals surface area contributed by atoms with E-state index in [0.29, 0.717) is 22.6 Å². The second-order valence-corrected chi connectivity index (χ2v) is 7.47. The molecule has 0 atom stereocenters. The molecule has 8 nitrogen and oxygen atoms in total. The zero-order valence-electron chi connectivity index (χ0n) is 16.9. The molecular formula is C22H23FN6O2. The van der Waals surface area contributed by atoms with Crippen molar-refractivity contribution in [1.29, 1.82) is 0 Å². The molecule has 0 spiro atoms. The molecule has 1 aliphatic heterocycles. The minimum atomic E-state index is -0.613. The van der Waals surface area contributed by atoms with Gasteiger partial charge in [-0.05, 0) is 48.7 Å². The number of hydrogen-bond donors (Lipinski definition) is 3. The summed E-state index contributed by atoms with van der Waals surface area (Å²) in [5, 5.41) is 13.7. The minimum Gasteiger partial charge on any atom is -0.352 e. The number of fused-ring (bicyclic) bond motifs is 1. The van der Waals surface area contributed by atoms with E-state index in [1.807, 2.05) is 4.57 Å². The van der Waals surface area contributed by atoms with Crippen molar-refractivity contribution in [3.63, 3.8) is 0 Å². The number of rotatable bonds is 5. The maximum atomic E-state index is 14.6. The van der Waals surface area contributed by atoms with Crippen LogP contribution < -0.4 is 16.4 Å². The molecule has 1 aromatic heterocycles. The van der Waals surface area contributed by atoms with E-state index in [1.54, 1.807) is 30.3 Å². The fraction of sp³-hybridized carbons (Fsp3) is 0.273. The number of carbonyl (C=O) groups excluding carboxylic acids is 2. The van der Waals surface area contributed by atoms with Crippen LogP contribution in [0.3, 0.4) is 0 Å². The summed E-state index contributed by atoms with van der Waals surface area (Å²) in [5.41, 5.74) is 7.08. The van der Waals surface area contributed by atoms with Gasteiger partial charge >= 0.3 is 6.03 Å². The van der Waals surface area contributed by atoms with Gasteiger partial charge in [0.2, 0.25) is 0 Å². The molecule has 4 rings (SSSR count). The van der Waals surface area contributed by atoms with Crippen LogP contribution in [0, 0.1) is 5.82 Å². The number of urea groups is 1. The van der Waals surface area contributed by atoms with Gasteiger partial charge in [-0.25, -0.2) is 9.18 Å². The highest BCUT2D eigenvalue weighted by Gasteiger charge is 2.19. The standard InChI is InChI=1S/C22H23FN6O2/c23-18-10-9-16(12-17(18)20-28-27-19-4-2-1-3-11-29(19)20)26-21(30)15-7-5-14(6-8-15)13-25-22(24)31/h5-10,12H,1-4,11,13H2,(H,26,30)(H3,24,25,31). The molecule has 160 valence electrons. The first kappa shape index (κ1) is 20.5. The Morgan fingerprint density at radius 3 is 2.65 bits per heavy atom. The summed E-state index contributed by atoms with van der Waals surface area (Å²) in [6.45, 7) is 1.03. The van der Waals surface area contributed by atoms with Crippen molar-refractivity contribution in [2.45, 2.75) is 38.8 Å². The Morgan fingerprint density at radius 2 is 1.87 bits per heavy atom. The topological polar surface area (TPSA) is 115 Å². The first-order valence-electron chi connectivity index (χ1n) is 10.2. The summed E-state index contributed by atoms with van der Waals surface area (Å²) in [7, 11) is 0. The molecule has 0 fully saturated rings. The third-order valence-corrected chi connectivity index (χ3v) is 5.26. The highest BCUT2D eigenvalue weighted by atomic mass is 19.1. The van der Waals surface area contributed by atoms with Gasteiger partial charge in [0.25, 0.3) is 5.91 Å². The van der Waals surface area contributed by atoms with E-state index in [1.165, 1.54) is 12.1 Å². The second kappa shape index (κ2) is 8.95. The molecule has 0 aliphatic carbocycles. The summed E-state index contributed by atoms with van der Waals surface area (Å²) in [5.74, 6) is 0.611.